The van der Waals surface area contributed by atoms with Gasteiger partial charge in [-0.25, -0.2) is 0 Å². The van der Waals surface area contributed by atoms with Gasteiger partial charge in [-0.2, -0.15) is 0 Å². The molecule has 88 valence electrons. The van der Waals surface area contributed by atoms with Gasteiger partial charge in [0, 0.05) is 10.4 Å². The van der Waals surface area contributed by atoms with Gasteiger partial charge in [0.15, 0.2) is 5.69 Å². The third kappa shape index (κ3) is 1.81. The summed E-state index contributed by atoms with van der Waals surface area (Å²) < 4.78 is 0. The summed E-state index contributed by atoms with van der Waals surface area (Å²) in [6, 6.07) is 4.38. The first kappa shape index (κ1) is 11.4. The second kappa shape index (κ2) is 4.04. The number of halogens is 1. The van der Waals surface area contributed by atoms with E-state index < -0.39 is 16.2 Å². The SMILES string of the molecule is O=c1[nH]c2cc(Cl)ccc2c(NO)c1[N+](=O)[O-]. The van der Waals surface area contributed by atoms with Crippen LogP contribution in [0.4, 0.5) is 11.4 Å². The Labute approximate surface area is 98.7 Å². The minimum atomic E-state index is -0.915. The van der Waals surface area contributed by atoms with Gasteiger partial charge >= 0.3 is 11.2 Å². The standard InChI is InChI=1S/C9H6ClN3O4/c10-4-1-2-5-6(3-4)11-9(14)8(13(16)17)7(5)12-15/h1-3,15H,(H2,11,12,14). The highest BCUT2D eigenvalue weighted by Gasteiger charge is 2.22. The quantitative estimate of drug-likeness (QED) is 0.561. The number of pyridine rings is 1. The molecule has 7 nitrogen and oxygen atoms in total. The number of aromatic amines is 1. The van der Waals surface area contributed by atoms with Gasteiger partial charge in [-0.1, -0.05) is 11.6 Å². The lowest BCUT2D eigenvalue weighted by Gasteiger charge is -2.05. The average Bonchev–Trinajstić information content (AvgIpc) is 2.26. The van der Waals surface area contributed by atoms with Gasteiger partial charge in [-0.15, -0.1) is 0 Å². The molecule has 0 spiro atoms. The molecule has 2 rings (SSSR count). The molecule has 0 atom stereocenters. The highest BCUT2D eigenvalue weighted by Crippen LogP contribution is 2.29. The summed E-state index contributed by atoms with van der Waals surface area (Å²) in [5, 5.41) is 20.3. The molecule has 1 aromatic heterocycles. The Morgan fingerprint density at radius 3 is 2.76 bits per heavy atom. The number of nitro groups is 1. The molecule has 0 radical (unpaired) electrons. The van der Waals surface area contributed by atoms with Gasteiger partial charge in [-0.05, 0) is 18.2 Å². The van der Waals surface area contributed by atoms with Gasteiger partial charge in [0.05, 0.1) is 10.4 Å². The summed E-state index contributed by atoms with van der Waals surface area (Å²) in [5.74, 6) is 0. The molecule has 17 heavy (non-hydrogen) atoms. The van der Waals surface area contributed by atoms with Crippen molar-refractivity contribution in [1.82, 2.24) is 4.98 Å². The van der Waals surface area contributed by atoms with Crippen LogP contribution in [0.15, 0.2) is 23.0 Å². The van der Waals surface area contributed by atoms with Crippen LogP contribution in [0.25, 0.3) is 10.9 Å². The van der Waals surface area contributed by atoms with Crippen LogP contribution in [0.1, 0.15) is 0 Å². The number of hydrogen-bond acceptors (Lipinski definition) is 5. The molecular weight excluding hydrogens is 250 g/mol. The summed E-state index contributed by atoms with van der Waals surface area (Å²) in [6.07, 6.45) is 0. The third-order valence-electron chi connectivity index (χ3n) is 2.25. The van der Waals surface area contributed by atoms with Crippen LogP contribution in [0.5, 0.6) is 0 Å². The lowest BCUT2D eigenvalue weighted by atomic mass is 10.1. The van der Waals surface area contributed by atoms with Crippen molar-refractivity contribution in [3.8, 4) is 0 Å². The minimum absolute atomic E-state index is 0.259. The van der Waals surface area contributed by atoms with E-state index in [1.54, 1.807) is 5.48 Å². The number of nitrogens with one attached hydrogen (secondary N) is 2. The Balaban J connectivity index is 2.95. The molecule has 0 saturated heterocycles. The molecule has 2 aromatic rings. The molecule has 0 bridgehead atoms. The Bertz CT molecular complexity index is 667. The Morgan fingerprint density at radius 1 is 1.47 bits per heavy atom. The number of hydrogen-bond donors (Lipinski definition) is 3. The third-order valence-corrected chi connectivity index (χ3v) is 2.48. The van der Waals surface area contributed by atoms with Crippen molar-refractivity contribution >= 4 is 33.9 Å². The van der Waals surface area contributed by atoms with Gasteiger partial charge in [0.1, 0.15) is 0 Å². The van der Waals surface area contributed by atoms with E-state index in [2.05, 4.69) is 4.98 Å². The number of H-pyrrole nitrogens is 1. The lowest BCUT2D eigenvalue weighted by Crippen LogP contribution is -2.14. The smallest absolute Gasteiger partial charge is 0.316 e. The average molecular weight is 256 g/mol. The predicted octanol–water partition coefficient (Wildman–Crippen LogP) is 1.89. The van der Waals surface area contributed by atoms with Crippen LogP contribution < -0.4 is 11.0 Å². The molecule has 3 N–H and O–H groups in total. The molecule has 0 amide bonds. The van der Waals surface area contributed by atoms with Crippen molar-refractivity contribution in [1.29, 1.82) is 0 Å². The number of rotatable bonds is 2. The minimum Gasteiger partial charge on any atom is -0.316 e. The molecule has 0 aliphatic carbocycles. The zero-order chi connectivity index (χ0) is 12.6. The number of benzene rings is 1. The second-order valence-electron chi connectivity index (χ2n) is 3.24. The van der Waals surface area contributed by atoms with Gasteiger partial charge in [-0.3, -0.25) is 25.6 Å². The second-order valence-corrected chi connectivity index (χ2v) is 3.67. The van der Waals surface area contributed by atoms with Crippen molar-refractivity contribution in [3.63, 3.8) is 0 Å². The lowest BCUT2D eigenvalue weighted by molar-refractivity contribution is -0.385. The number of nitrogens with zero attached hydrogens (tertiary/aromatic N) is 1. The predicted molar refractivity (Wildman–Crippen MR) is 61.6 cm³/mol. The van der Waals surface area contributed by atoms with E-state index in [-0.39, 0.29) is 5.69 Å². The molecule has 0 aliphatic heterocycles. The Kier molecular flexibility index (Phi) is 2.70. The fourth-order valence-corrected chi connectivity index (χ4v) is 1.72. The van der Waals surface area contributed by atoms with Crippen molar-refractivity contribution in [2.45, 2.75) is 0 Å². The fourth-order valence-electron chi connectivity index (χ4n) is 1.55. The topological polar surface area (TPSA) is 108 Å². The Hall–Kier alpha value is -2.12. The Morgan fingerprint density at radius 2 is 2.18 bits per heavy atom. The van der Waals surface area contributed by atoms with Crippen molar-refractivity contribution in [2.75, 3.05) is 5.48 Å². The van der Waals surface area contributed by atoms with Crippen LogP contribution in [0.3, 0.4) is 0 Å². The maximum absolute atomic E-state index is 11.5. The highest BCUT2D eigenvalue weighted by atomic mass is 35.5. The number of anilines is 1. The van der Waals surface area contributed by atoms with E-state index in [0.29, 0.717) is 15.9 Å². The molecule has 0 aliphatic rings. The monoisotopic (exact) mass is 255 g/mol. The van der Waals surface area contributed by atoms with E-state index in [9.17, 15) is 14.9 Å². The summed E-state index contributed by atoms with van der Waals surface area (Å²) >= 11 is 5.73. The van der Waals surface area contributed by atoms with Crippen molar-refractivity contribution in [2.24, 2.45) is 0 Å². The number of fused-ring (bicyclic) bond motifs is 1. The van der Waals surface area contributed by atoms with Gasteiger partial charge in [0.2, 0.25) is 0 Å². The zero-order valence-electron chi connectivity index (χ0n) is 8.23. The molecule has 1 heterocycles. The summed E-state index contributed by atoms with van der Waals surface area (Å²) in [7, 11) is 0. The largest absolute Gasteiger partial charge is 0.359 e. The molecule has 1 aromatic carbocycles. The van der Waals surface area contributed by atoms with Crippen molar-refractivity contribution in [3.05, 3.63) is 43.7 Å². The molecule has 0 unspecified atom stereocenters. The van der Waals surface area contributed by atoms with E-state index in [0.717, 1.165) is 0 Å². The molecule has 8 heteroatoms. The molecule has 0 saturated carbocycles. The first-order valence-corrected chi connectivity index (χ1v) is 4.82. The van der Waals surface area contributed by atoms with Gasteiger partial charge in [0.25, 0.3) is 0 Å². The van der Waals surface area contributed by atoms with Crippen LogP contribution >= 0.6 is 11.6 Å². The van der Waals surface area contributed by atoms with Gasteiger partial charge < -0.3 is 4.98 Å². The summed E-state index contributed by atoms with van der Waals surface area (Å²) in [6.45, 7) is 0. The normalized spacial score (nSPS) is 10.5. The van der Waals surface area contributed by atoms with Crippen LogP contribution in [0.2, 0.25) is 5.02 Å². The number of aromatic nitrogens is 1. The molecule has 0 fully saturated rings. The first-order valence-electron chi connectivity index (χ1n) is 4.44. The molecular formula is C9H6ClN3O4. The van der Waals surface area contributed by atoms with Crippen LogP contribution in [-0.2, 0) is 0 Å². The highest BCUT2D eigenvalue weighted by molar-refractivity contribution is 6.31. The van der Waals surface area contributed by atoms with Crippen molar-refractivity contribution < 1.29 is 10.1 Å². The fraction of sp³-hybridized carbons (Fsp3) is 0. The maximum atomic E-state index is 11.5. The van der Waals surface area contributed by atoms with Crippen LogP contribution in [-0.4, -0.2) is 15.1 Å². The van der Waals surface area contributed by atoms with E-state index in [4.69, 9.17) is 16.8 Å². The van der Waals surface area contributed by atoms with E-state index in [1.807, 2.05) is 0 Å². The van der Waals surface area contributed by atoms with E-state index >= 15 is 0 Å². The van der Waals surface area contributed by atoms with Crippen LogP contribution in [0, 0.1) is 10.1 Å². The van der Waals surface area contributed by atoms with E-state index in [1.165, 1.54) is 18.2 Å². The summed E-state index contributed by atoms with van der Waals surface area (Å²) in [5.41, 5.74) is 0.0493. The summed E-state index contributed by atoms with van der Waals surface area (Å²) in [4.78, 5) is 23.6. The maximum Gasteiger partial charge on any atom is 0.359 e. The zero-order valence-corrected chi connectivity index (χ0v) is 8.99. The first-order chi connectivity index (χ1) is 8.04.